The third-order valence-corrected chi connectivity index (χ3v) is 4.15. The van der Waals surface area contributed by atoms with Gasteiger partial charge < -0.3 is 10.1 Å². The van der Waals surface area contributed by atoms with Gasteiger partial charge in [0.2, 0.25) is 0 Å². The van der Waals surface area contributed by atoms with Crippen LogP contribution in [0.25, 0.3) is 0 Å². The van der Waals surface area contributed by atoms with Gasteiger partial charge in [-0.3, -0.25) is 0 Å². The van der Waals surface area contributed by atoms with Crippen LogP contribution in [0.1, 0.15) is 18.4 Å². The van der Waals surface area contributed by atoms with E-state index < -0.39 is 0 Å². The highest BCUT2D eigenvalue weighted by molar-refractivity contribution is 14.1. The number of para-hydroxylation sites is 2. The van der Waals surface area contributed by atoms with E-state index in [1.807, 2.05) is 30.3 Å². The van der Waals surface area contributed by atoms with E-state index in [-0.39, 0.29) is 5.82 Å². The van der Waals surface area contributed by atoms with Crippen molar-refractivity contribution in [3.8, 4) is 11.5 Å². The first-order valence-electron chi connectivity index (χ1n) is 6.67. The summed E-state index contributed by atoms with van der Waals surface area (Å²) in [7, 11) is 0. The Labute approximate surface area is 131 Å². The second-order valence-corrected chi connectivity index (χ2v) is 6.08. The lowest BCUT2D eigenvalue weighted by atomic mass is 10.2. The second-order valence-electron chi connectivity index (χ2n) is 4.92. The maximum atomic E-state index is 14.1. The van der Waals surface area contributed by atoms with Crippen molar-refractivity contribution in [3.05, 3.63) is 57.4 Å². The van der Waals surface area contributed by atoms with Crippen molar-refractivity contribution in [3.63, 3.8) is 0 Å². The average molecular weight is 383 g/mol. The number of rotatable bonds is 5. The number of hydrogen-bond acceptors (Lipinski definition) is 2. The number of hydrogen-bond donors (Lipinski definition) is 1. The molecule has 4 heteroatoms. The quantitative estimate of drug-likeness (QED) is 0.770. The predicted molar refractivity (Wildman–Crippen MR) is 85.5 cm³/mol. The van der Waals surface area contributed by atoms with Gasteiger partial charge in [0.1, 0.15) is 5.75 Å². The molecule has 20 heavy (non-hydrogen) atoms. The van der Waals surface area contributed by atoms with E-state index in [0.29, 0.717) is 24.1 Å². The van der Waals surface area contributed by atoms with Gasteiger partial charge in [-0.05, 0) is 53.6 Å². The Bertz CT molecular complexity index is 613. The molecule has 104 valence electrons. The van der Waals surface area contributed by atoms with Gasteiger partial charge >= 0.3 is 0 Å². The van der Waals surface area contributed by atoms with E-state index in [9.17, 15) is 4.39 Å². The Morgan fingerprint density at radius 1 is 1.15 bits per heavy atom. The van der Waals surface area contributed by atoms with Crippen LogP contribution in [0.2, 0.25) is 0 Å². The second kappa shape index (κ2) is 6.10. The fourth-order valence-electron chi connectivity index (χ4n) is 1.99. The van der Waals surface area contributed by atoms with Crippen LogP contribution in [-0.4, -0.2) is 6.04 Å². The van der Waals surface area contributed by atoms with Gasteiger partial charge in [-0.25, -0.2) is 4.39 Å². The van der Waals surface area contributed by atoms with Crippen molar-refractivity contribution in [1.82, 2.24) is 5.32 Å². The van der Waals surface area contributed by atoms with Gasteiger partial charge in [0.25, 0.3) is 0 Å². The molecule has 0 radical (unpaired) electrons. The molecule has 1 aliphatic rings. The highest BCUT2D eigenvalue weighted by atomic mass is 127. The summed E-state index contributed by atoms with van der Waals surface area (Å²) in [4.78, 5) is 0. The fraction of sp³-hybridized carbons (Fsp3) is 0.250. The molecular formula is C16H15FINO. The molecule has 0 aromatic heterocycles. The SMILES string of the molecule is Fc1cccc(CNC2CC2)c1Oc1ccccc1I. The molecule has 0 spiro atoms. The first-order chi connectivity index (χ1) is 9.74. The van der Waals surface area contributed by atoms with Crippen molar-refractivity contribution < 1.29 is 9.13 Å². The molecule has 2 nitrogen and oxygen atoms in total. The Morgan fingerprint density at radius 2 is 1.95 bits per heavy atom. The van der Waals surface area contributed by atoms with Gasteiger partial charge in [0.15, 0.2) is 11.6 Å². The summed E-state index contributed by atoms with van der Waals surface area (Å²) in [6, 6.07) is 13.3. The highest BCUT2D eigenvalue weighted by Gasteiger charge is 2.21. The summed E-state index contributed by atoms with van der Waals surface area (Å²) >= 11 is 2.19. The van der Waals surface area contributed by atoms with E-state index in [1.165, 1.54) is 18.9 Å². The molecule has 0 heterocycles. The molecule has 3 rings (SSSR count). The minimum absolute atomic E-state index is 0.320. The molecule has 1 aliphatic carbocycles. The molecule has 0 saturated heterocycles. The first-order valence-corrected chi connectivity index (χ1v) is 7.75. The Balaban J connectivity index is 1.85. The number of halogens is 2. The maximum absolute atomic E-state index is 14.1. The van der Waals surface area contributed by atoms with Gasteiger partial charge in [0, 0.05) is 18.2 Å². The molecule has 0 aliphatic heterocycles. The van der Waals surface area contributed by atoms with Crippen LogP contribution in [0.15, 0.2) is 42.5 Å². The summed E-state index contributed by atoms with van der Waals surface area (Å²) < 4.78 is 20.8. The maximum Gasteiger partial charge on any atom is 0.167 e. The number of nitrogens with one attached hydrogen (secondary N) is 1. The lowest BCUT2D eigenvalue weighted by Gasteiger charge is -2.13. The van der Waals surface area contributed by atoms with Crippen LogP contribution in [0.3, 0.4) is 0 Å². The Kier molecular flexibility index (Phi) is 4.21. The van der Waals surface area contributed by atoms with Crippen LogP contribution in [-0.2, 0) is 6.54 Å². The summed E-state index contributed by atoms with van der Waals surface area (Å²) in [6.07, 6.45) is 2.42. The van der Waals surface area contributed by atoms with Crippen LogP contribution < -0.4 is 10.1 Å². The van der Waals surface area contributed by atoms with Crippen LogP contribution in [0.5, 0.6) is 11.5 Å². The van der Waals surface area contributed by atoms with E-state index in [0.717, 1.165) is 9.13 Å². The average Bonchev–Trinajstić information content (AvgIpc) is 3.26. The zero-order chi connectivity index (χ0) is 13.9. The normalized spacial score (nSPS) is 14.3. The predicted octanol–water partition coefficient (Wildman–Crippen LogP) is 4.47. The minimum atomic E-state index is -0.320. The summed E-state index contributed by atoms with van der Waals surface area (Å²) in [5, 5.41) is 3.39. The highest BCUT2D eigenvalue weighted by Crippen LogP contribution is 2.31. The van der Waals surface area contributed by atoms with E-state index in [4.69, 9.17) is 4.74 Å². The molecule has 0 amide bonds. The molecule has 1 N–H and O–H groups in total. The fourth-order valence-corrected chi connectivity index (χ4v) is 2.48. The molecule has 2 aromatic carbocycles. The van der Waals surface area contributed by atoms with Crippen LogP contribution >= 0.6 is 22.6 Å². The third-order valence-electron chi connectivity index (χ3n) is 3.26. The molecule has 0 bridgehead atoms. The minimum Gasteiger partial charge on any atom is -0.453 e. The van der Waals surface area contributed by atoms with Gasteiger partial charge in [-0.1, -0.05) is 24.3 Å². The van der Waals surface area contributed by atoms with E-state index >= 15 is 0 Å². The first kappa shape index (κ1) is 13.8. The number of benzene rings is 2. The van der Waals surface area contributed by atoms with Crippen molar-refractivity contribution in [1.29, 1.82) is 0 Å². The van der Waals surface area contributed by atoms with Crippen molar-refractivity contribution >= 4 is 22.6 Å². The molecule has 2 aromatic rings. The van der Waals surface area contributed by atoms with Crippen molar-refractivity contribution in [2.75, 3.05) is 0 Å². The van der Waals surface area contributed by atoms with E-state index in [2.05, 4.69) is 27.9 Å². The van der Waals surface area contributed by atoms with Gasteiger partial charge in [-0.15, -0.1) is 0 Å². The van der Waals surface area contributed by atoms with Crippen LogP contribution in [0, 0.1) is 9.39 Å². The smallest absolute Gasteiger partial charge is 0.167 e. The topological polar surface area (TPSA) is 21.3 Å². The van der Waals surface area contributed by atoms with Gasteiger partial charge in [0.05, 0.1) is 3.57 Å². The number of ether oxygens (including phenoxy) is 1. The third kappa shape index (κ3) is 3.30. The lowest BCUT2D eigenvalue weighted by molar-refractivity contribution is 0.431. The molecule has 1 fully saturated rings. The zero-order valence-electron chi connectivity index (χ0n) is 10.9. The Morgan fingerprint density at radius 3 is 2.70 bits per heavy atom. The molecule has 0 atom stereocenters. The monoisotopic (exact) mass is 383 g/mol. The van der Waals surface area contributed by atoms with Crippen molar-refractivity contribution in [2.45, 2.75) is 25.4 Å². The molecular weight excluding hydrogens is 368 g/mol. The van der Waals surface area contributed by atoms with Crippen molar-refractivity contribution in [2.24, 2.45) is 0 Å². The Hall–Kier alpha value is -1.14. The summed E-state index contributed by atoms with van der Waals surface area (Å²) in [6.45, 7) is 0.640. The lowest BCUT2D eigenvalue weighted by Crippen LogP contribution is -2.16. The molecule has 1 saturated carbocycles. The molecule has 0 unspecified atom stereocenters. The zero-order valence-corrected chi connectivity index (χ0v) is 13.1. The standard InChI is InChI=1S/C16H15FINO/c17-13-5-3-4-11(10-19-12-8-9-12)16(13)20-15-7-2-1-6-14(15)18/h1-7,12,19H,8-10H2. The largest absolute Gasteiger partial charge is 0.453 e. The summed E-state index contributed by atoms with van der Waals surface area (Å²) in [5.74, 6) is 0.690. The van der Waals surface area contributed by atoms with Gasteiger partial charge in [-0.2, -0.15) is 0 Å². The van der Waals surface area contributed by atoms with E-state index in [1.54, 1.807) is 6.07 Å². The van der Waals surface area contributed by atoms with Crippen LogP contribution in [0.4, 0.5) is 4.39 Å². The summed E-state index contributed by atoms with van der Waals surface area (Å²) in [5.41, 5.74) is 0.858.